The molecule has 0 aliphatic heterocycles. The van der Waals surface area contributed by atoms with E-state index in [9.17, 15) is 18.4 Å². The molecule has 4 nitrogen and oxygen atoms in total. The number of hydrogen-bond acceptors (Lipinski definition) is 3. The van der Waals surface area contributed by atoms with Gasteiger partial charge >= 0.3 is 5.97 Å². The van der Waals surface area contributed by atoms with E-state index in [1.165, 1.54) is 0 Å². The van der Waals surface area contributed by atoms with Gasteiger partial charge in [-0.3, -0.25) is 9.59 Å². The Morgan fingerprint density at radius 2 is 1.93 bits per heavy atom. The number of benzene rings is 1. The van der Waals surface area contributed by atoms with Gasteiger partial charge in [0, 0.05) is 5.56 Å². The summed E-state index contributed by atoms with van der Waals surface area (Å²) >= 11 is 0. The molecular formula is C9H7F2NO3. The third-order valence-corrected chi connectivity index (χ3v) is 1.85. The van der Waals surface area contributed by atoms with Crippen LogP contribution in [0.4, 0.5) is 8.78 Å². The van der Waals surface area contributed by atoms with Gasteiger partial charge in [0.15, 0.2) is 17.9 Å². The summed E-state index contributed by atoms with van der Waals surface area (Å²) in [4.78, 5) is 21.0. The molecule has 0 fully saturated rings. The highest BCUT2D eigenvalue weighted by atomic mass is 19.2. The maximum atomic E-state index is 12.8. The van der Waals surface area contributed by atoms with Crippen LogP contribution in [0.5, 0.6) is 0 Å². The molecule has 0 saturated carbocycles. The number of carbonyl (C=O) groups excluding carboxylic acids is 1. The summed E-state index contributed by atoms with van der Waals surface area (Å²) in [5.74, 6) is -3.89. The fourth-order valence-corrected chi connectivity index (χ4v) is 1.08. The van der Waals surface area contributed by atoms with E-state index < -0.39 is 23.6 Å². The Kier molecular flexibility index (Phi) is 3.11. The molecule has 15 heavy (non-hydrogen) atoms. The summed E-state index contributed by atoms with van der Waals surface area (Å²) in [7, 11) is 0. The zero-order valence-corrected chi connectivity index (χ0v) is 7.41. The fourth-order valence-electron chi connectivity index (χ4n) is 1.08. The Hall–Kier alpha value is -1.82. The van der Waals surface area contributed by atoms with Crippen molar-refractivity contribution < 1.29 is 23.5 Å². The molecule has 1 atom stereocenters. The lowest BCUT2D eigenvalue weighted by Crippen LogP contribution is -2.22. The standard InChI is InChI=1S/C9H7F2NO3/c10-6-1-4(3-13)5(2-7(6)11)8(12)9(14)15/h1-3,8H,12H2,(H,14,15). The largest absolute Gasteiger partial charge is 0.480 e. The molecule has 0 bridgehead atoms. The van der Waals surface area contributed by atoms with Gasteiger partial charge in [0.1, 0.15) is 6.04 Å². The van der Waals surface area contributed by atoms with Gasteiger partial charge in [-0.25, -0.2) is 8.78 Å². The van der Waals surface area contributed by atoms with Crippen LogP contribution in [0.1, 0.15) is 22.0 Å². The lowest BCUT2D eigenvalue weighted by molar-refractivity contribution is -0.138. The topological polar surface area (TPSA) is 80.4 Å². The number of nitrogens with two attached hydrogens (primary N) is 1. The predicted molar refractivity (Wildman–Crippen MR) is 46.3 cm³/mol. The van der Waals surface area contributed by atoms with E-state index in [-0.39, 0.29) is 17.4 Å². The number of aldehydes is 1. The first kappa shape index (κ1) is 11.3. The molecule has 0 aromatic heterocycles. The highest BCUT2D eigenvalue weighted by molar-refractivity contribution is 5.83. The minimum atomic E-state index is -1.56. The van der Waals surface area contributed by atoms with Crippen molar-refractivity contribution in [2.24, 2.45) is 5.73 Å². The van der Waals surface area contributed by atoms with Crippen LogP contribution in [0, 0.1) is 11.6 Å². The van der Waals surface area contributed by atoms with Gasteiger partial charge in [-0.2, -0.15) is 0 Å². The zero-order chi connectivity index (χ0) is 11.6. The first-order valence-corrected chi connectivity index (χ1v) is 3.90. The second kappa shape index (κ2) is 4.14. The van der Waals surface area contributed by atoms with Crippen molar-refractivity contribution in [3.05, 3.63) is 34.9 Å². The van der Waals surface area contributed by atoms with E-state index in [1.54, 1.807) is 0 Å². The number of aliphatic carboxylic acids is 1. The summed E-state index contributed by atoms with van der Waals surface area (Å²) in [6.45, 7) is 0. The number of carboxylic acid groups (broad SMARTS) is 1. The molecule has 80 valence electrons. The third kappa shape index (κ3) is 2.16. The zero-order valence-electron chi connectivity index (χ0n) is 7.41. The van der Waals surface area contributed by atoms with Gasteiger partial charge in [-0.1, -0.05) is 0 Å². The summed E-state index contributed by atoms with van der Waals surface area (Å²) in [6, 6.07) is -0.335. The summed E-state index contributed by atoms with van der Waals surface area (Å²) in [5.41, 5.74) is 4.66. The van der Waals surface area contributed by atoms with Gasteiger partial charge in [-0.05, 0) is 17.7 Å². The normalized spacial score (nSPS) is 12.2. The van der Waals surface area contributed by atoms with Crippen LogP contribution in [-0.4, -0.2) is 17.4 Å². The van der Waals surface area contributed by atoms with E-state index in [0.717, 1.165) is 0 Å². The van der Waals surface area contributed by atoms with Crippen LogP contribution < -0.4 is 5.73 Å². The van der Waals surface area contributed by atoms with Crippen LogP contribution in [0.2, 0.25) is 0 Å². The summed E-state index contributed by atoms with van der Waals surface area (Å²) in [5, 5.41) is 8.56. The Labute approximate surface area is 83.3 Å². The molecule has 0 aliphatic rings. The minimum absolute atomic E-state index is 0.223. The van der Waals surface area contributed by atoms with Crippen LogP contribution in [0.3, 0.4) is 0 Å². The Bertz CT molecular complexity index is 420. The molecule has 0 heterocycles. The summed E-state index contributed by atoms with van der Waals surface area (Å²) < 4.78 is 25.5. The molecule has 1 aromatic rings. The van der Waals surface area contributed by atoms with Crippen molar-refractivity contribution in [2.75, 3.05) is 0 Å². The van der Waals surface area contributed by atoms with Crippen molar-refractivity contribution >= 4 is 12.3 Å². The number of carbonyl (C=O) groups is 2. The predicted octanol–water partition coefficient (Wildman–Crippen LogP) is 0.862. The van der Waals surface area contributed by atoms with E-state index in [2.05, 4.69) is 0 Å². The molecule has 0 saturated heterocycles. The SMILES string of the molecule is NC(C(=O)O)c1cc(F)c(F)cc1C=O. The Morgan fingerprint density at radius 1 is 1.40 bits per heavy atom. The first-order valence-electron chi connectivity index (χ1n) is 3.90. The fraction of sp³-hybridized carbons (Fsp3) is 0.111. The smallest absolute Gasteiger partial charge is 0.325 e. The van der Waals surface area contributed by atoms with Gasteiger partial charge in [-0.15, -0.1) is 0 Å². The first-order chi connectivity index (χ1) is 6.97. The molecule has 6 heteroatoms. The maximum absolute atomic E-state index is 12.8. The second-order valence-electron chi connectivity index (χ2n) is 2.83. The average molecular weight is 215 g/mol. The van der Waals surface area contributed by atoms with Crippen molar-refractivity contribution in [1.82, 2.24) is 0 Å². The van der Waals surface area contributed by atoms with Gasteiger partial charge in [0.05, 0.1) is 0 Å². The molecule has 3 N–H and O–H groups in total. The monoisotopic (exact) mass is 215 g/mol. The van der Waals surface area contributed by atoms with Crippen molar-refractivity contribution in [3.8, 4) is 0 Å². The molecular weight excluding hydrogens is 208 g/mol. The molecule has 0 radical (unpaired) electrons. The van der Waals surface area contributed by atoms with Crippen molar-refractivity contribution in [2.45, 2.75) is 6.04 Å². The van der Waals surface area contributed by atoms with Gasteiger partial charge in [0.2, 0.25) is 0 Å². The lowest BCUT2D eigenvalue weighted by atomic mass is 10.0. The van der Waals surface area contributed by atoms with E-state index >= 15 is 0 Å². The maximum Gasteiger partial charge on any atom is 0.325 e. The average Bonchev–Trinajstić information content (AvgIpc) is 2.20. The van der Waals surface area contributed by atoms with Crippen molar-refractivity contribution in [3.63, 3.8) is 0 Å². The molecule has 1 unspecified atom stereocenters. The third-order valence-electron chi connectivity index (χ3n) is 1.85. The van der Waals surface area contributed by atoms with Gasteiger partial charge in [0.25, 0.3) is 0 Å². The molecule has 1 aromatic carbocycles. The van der Waals surface area contributed by atoms with E-state index in [1.807, 2.05) is 0 Å². The minimum Gasteiger partial charge on any atom is -0.480 e. The summed E-state index contributed by atoms with van der Waals surface area (Å²) in [6.07, 6.45) is 0.223. The highest BCUT2D eigenvalue weighted by Gasteiger charge is 2.20. The van der Waals surface area contributed by atoms with E-state index in [4.69, 9.17) is 10.8 Å². The lowest BCUT2D eigenvalue weighted by Gasteiger charge is -2.09. The van der Waals surface area contributed by atoms with Crippen molar-refractivity contribution in [1.29, 1.82) is 0 Å². The molecule has 0 aliphatic carbocycles. The van der Waals surface area contributed by atoms with E-state index in [0.29, 0.717) is 12.1 Å². The van der Waals surface area contributed by atoms with Crippen LogP contribution in [0.25, 0.3) is 0 Å². The molecule has 0 amide bonds. The van der Waals surface area contributed by atoms with Crippen LogP contribution in [-0.2, 0) is 4.79 Å². The Balaban J connectivity index is 3.33. The van der Waals surface area contributed by atoms with Crippen LogP contribution >= 0.6 is 0 Å². The number of halogens is 2. The molecule has 0 spiro atoms. The second-order valence-corrected chi connectivity index (χ2v) is 2.83. The number of carboxylic acids is 1. The Morgan fingerprint density at radius 3 is 2.40 bits per heavy atom. The number of hydrogen-bond donors (Lipinski definition) is 2. The number of rotatable bonds is 3. The van der Waals surface area contributed by atoms with Gasteiger partial charge < -0.3 is 10.8 Å². The quantitative estimate of drug-likeness (QED) is 0.733. The molecule has 1 rings (SSSR count). The van der Waals surface area contributed by atoms with Crippen LogP contribution in [0.15, 0.2) is 12.1 Å². The highest BCUT2D eigenvalue weighted by Crippen LogP contribution is 2.19.